The van der Waals surface area contributed by atoms with Crippen LogP contribution in [0.5, 0.6) is 0 Å². The van der Waals surface area contributed by atoms with Crippen LogP contribution in [0.3, 0.4) is 0 Å². The van der Waals surface area contributed by atoms with Gasteiger partial charge in [0, 0.05) is 11.6 Å². The minimum atomic E-state index is -0.481. The van der Waals surface area contributed by atoms with Gasteiger partial charge in [0.15, 0.2) is 0 Å². The van der Waals surface area contributed by atoms with Crippen molar-refractivity contribution in [3.05, 3.63) is 66.4 Å². The number of nitrogens with zero attached hydrogens (tertiary/aromatic N) is 4. The molecule has 0 aliphatic rings. The van der Waals surface area contributed by atoms with E-state index in [2.05, 4.69) is 26.4 Å². The van der Waals surface area contributed by atoms with E-state index in [1.165, 1.54) is 29.4 Å². The summed E-state index contributed by atoms with van der Waals surface area (Å²) < 4.78 is 6.51. The van der Waals surface area contributed by atoms with E-state index in [9.17, 15) is 9.59 Å². The van der Waals surface area contributed by atoms with Gasteiger partial charge in [-0.3, -0.25) is 20.4 Å². The van der Waals surface area contributed by atoms with Gasteiger partial charge in [-0.2, -0.15) is 0 Å². The van der Waals surface area contributed by atoms with E-state index in [1.807, 2.05) is 0 Å². The van der Waals surface area contributed by atoms with Crippen molar-refractivity contribution in [1.29, 1.82) is 0 Å². The average molecular weight is 324 g/mol. The van der Waals surface area contributed by atoms with Crippen molar-refractivity contribution in [3.8, 4) is 5.69 Å². The fourth-order valence-corrected chi connectivity index (χ4v) is 1.82. The number of furan rings is 1. The van der Waals surface area contributed by atoms with Crippen molar-refractivity contribution in [2.75, 3.05) is 0 Å². The number of tetrazole rings is 1. The summed E-state index contributed by atoms with van der Waals surface area (Å²) >= 11 is 0. The molecule has 2 heterocycles. The molecule has 1 aromatic carbocycles. The number of hydrazine groups is 1. The number of carbonyl (C=O) groups excluding carboxylic acids is 2. The molecule has 24 heavy (non-hydrogen) atoms. The number of hydrogen-bond donors (Lipinski definition) is 2. The van der Waals surface area contributed by atoms with Crippen LogP contribution in [0.4, 0.5) is 0 Å². The van der Waals surface area contributed by atoms with E-state index in [0.717, 1.165) is 0 Å². The predicted molar refractivity (Wildman–Crippen MR) is 82.5 cm³/mol. The lowest BCUT2D eigenvalue weighted by Crippen LogP contribution is -2.40. The van der Waals surface area contributed by atoms with Crippen molar-refractivity contribution in [1.82, 2.24) is 31.1 Å². The van der Waals surface area contributed by atoms with Crippen LogP contribution in [-0.4, -0.2) is 32.0 Å². The molecule has 0 aliphatic carbocycles. The van der Waals surface area contributed by atoms with Crippen molar-refractivity contribution < 1.29 is 14.0 Å². The number of aromatic nitrogens is 4. The van der Waals surface area contributed by atoms with Crippen LogP contribution >= 0.6 is 0 Å². The van der Waals surface area contributed by atoms with Gasteiger partial charge in [-0.05, 0) is 52.9 Å². The van der Waals surface area contributed by atoms with Crippen molar-refractivity contribution in [2.24, 2.45) is 0 Å². The molecule has 0 bridgehead atoms. The molecule has 2 aromatic heterocycles. The first-order valence-electron chi connectivity index (χ1n) is 6.88. The predicted octanol–water partition coefficient (Wildman–Crippen LogP) is 0.730. The SMILES string of the molecule is O=C(/C=C/c1ccco1)NNC(=O)c1ccc(-n2cnnn2)cc1. The second-order valence-corrected chi connectivity index (χ2v) is 4.59. The number of amides is 2. The topological polar surface area (TPSA) is 115 Å². The highest BCUT2D eigenvalue weighted by Crippen LogP contribution is 2.07. The Hall–Kier alpha value is -3.75. The molecule has 3 rings (SSSR count). The zero-order chi connectivity index (χ0) is 16.8. The zero-order valence-corrected chi connectivity index (χ0v) is 12.3. The van der Waals surface area contributed by atoms with Crippen molar-refractivity contribution in [2.45, 2.75) is 0 Å². The maximum atomic E-state index is 12.0. The van der Waals surface area contributed by atoms with E-state index in [-0.39, 0.29) is 0 Å². The summed E-state index contributed by atoms with van der Waals surface area (Å²) in [5.74, 6) is -0.391. The third-order valence-corrected chi connectivity index (χ3v) is 2.98. The maximum absolute atomic E-state index is 12.0. The molecule has 0 saturated heterocycles. The Kier molecular flexibility index (Phi) is 4.43. The summed E-state index contributed by atoms with van der Waals surface area (Å²) in [5.41, 5.74) is 5.68. The van der Waals surface area contributed by atoms with E-state index >= 15 is 0 Å². The molecule has 2 amide bonds. The van der Waals surface area contributed by atoms with Crippen LogP contribution in [0.1, 0.15) is 16.1 Å². The molecule has 9 heteroatoms. The van der Waals surface area contributed by atoms with Crippen LogP contribution in [-0.2, 0) is 4.79 Å². The zero-order valence-electron chi connectivity index (χ0n) is 12.3. The molecule has 0 aliphatic heterocycles. The fraction of sp³-hybridized carbons (Fsp3) is 0. The minimum Gasteiger partial charge on any atom is -0.465 e. The summed E-state index contributed by atoms with van der Waals surface area (Å²) in [6.07, 6.45) is 5.68. The standard InChI is InChI=1S/C15H12N6O3/c22-14(8-7-13-2-1-9-24-13)17-18-15(23)11-3-5-12(6-4-11)21-10-16-19-20-21/h1-10H,(H,17,22)(H,18,23)/b8-7+. The van der Waals surface area contributed by atoms with Gasteiger partial charge in [-0.15, -0.1) is 5.10 Å². The molecule has 0 unspecified atom stereocenters. The third kappa shape index (κ3) is 3.71. The van der Waals surface area contributed by atoms with Gasteiger partial charge < -0.3 is 4.42 Å². The molecule has 120 valence electrons. The van der Waals surface area contributed by atoms with Crippen molar-refractivity contribution in [3.63, 3.8) is 0 Å². The number of carbonyl (C=O) groups is 2. The fourth-order valence-electron chi connectivity index (χ4n) is 1.82. The summed E-state index contributed by atoms with van der Waals surface area (Å²) in [6.45, 7) is 0. The molecule has 0 atom stereocenters. The summed E-state index contributed by atoms with van der Waals surface area (Å²) in [4.78, 5) is 23.6. The quantitative estimate of drug-likeness (QED) is 0.540. The molecular formula is C15H12N6O3. The third-order valence-electron chi connectivity index (χ3n) is 2.98. The van der Waals surface area contributed by atoms with Gasteiger partial charge in [0.1, 0.15) is 12.1 Å². The Bertz CT molecular complexity index is 838. The second-order valence-electron chi connectivity index (χ2n) is 4.59. The number of rotatable bonds is 4. The Morgan fingerprint density at radius 2 is 1.96 bits per heavy atom. The van der Waals surface area contributed by atoms with Crippen LogP contribution in [0.25, 0.3) is 11.8 Å². The maximum Gasteiger partial charge on any atom is 0.269 e. The molecule has 0 saturated carbocycles. The van der Waals surface area contributed by atoms with E-state index in [4.69, 9.17) is 4.42 Å². The van der Waals surface area contributed by atoms with E-state index in [0.29, 0.717) is 17.0 Å². The smallest absolute Gasteiger partial charge is 0.269 e. The van der Waals surface area contributed by atoms with Gasteiger partial charge in [0.05, 0.1) is 12.0 Å². The highest BCUT2D eigenvalue weighted by atomic mass is 16.3. The number of benzene rings is 1. The first-order valence-corrected chi connectivity index (χ1v) is 6.88. The average Bonchev–Trinajstić information content (AvgIpc) is 3.31. The van der Waals surface area contributed by atoms with Gasteiger partial charge in [-0.1, -0.05) is 0 Å². The first-order chi connectivity index (χ1) is 11.7. The van der Waals surface area contributed by atoms with Crippen molar-refractivity contribution >= 4 is 17.9 Å². The molecule has 0 fully saturated rings. The number of hydrogen-bond acceptors (Lipinski definition) is 6. The molecule has 3 aromatic rings. The highest BCUT2D eigenvalue weighted by molar-refractivity contribution is 5.97. The van der Waals surface area contributed by atoms with Crippen LogP contribution < -0.4 is 10.9 Å². The summed E-state index contributed by atoms with van der Waals surface area (Å²) in [5, 5.41) is 10.8. The summed E-state index contributed by atoms with van der Waals surface area (Å²) in [7, 11) is 0. The van der Waals surface area contributed by atoms with Crippen LogP contribution in [0.15, 0.2) is 59.5 Å². The van der Waals surface area contributed by atoms with E-state index in [1.54, 1.807) is 36.4 Å². The Morgan fingerprint density at radius 3 is 2.62 bits per heavy atom. The lowest BCUT2D eigenvalue weighted by Gasteiger charge is -2.06. The monoisotopic (exact) mass is 324 g/mol. The Balaban J connectivity index is 1.54. The Morgan fingerprint density at radius 1 is 1.12 bits per heavy atom. The van der Waals surface area contributed by atoms with Gasteiger partial charge in [0.25, 0.3) is 11.8 Å². The van der Waals surface area contributed by atoms with Gasteiger partial charge >= 0.3 is 0 Å². The molecule has 0 spiro atoms. The molecular weight excluding hydrogens is 312 g/mol. The van der Waals surface area contributed by atoms with Crippen LogP contribution in [0.2, 0.25) is 0 Å². The molecule has 2 N–H and O–H groups in total. The molecule has 9 nitrogen and oxygen atoms in total. The van der Waals surface area contributed by atoms with E-state index < -0.39 is 11.8 Å². The Labute approximate surface area is 135 Å². The van der Waals surface area contributed by atoms with Gasteiger partial charge in [-0.25, -0.2) is 4.68 Å². The normalized spacial score (nSPS) is 10.7. The van der Waals surface area contributed by atoms with Gasteiger partial charge in [0.2, 0.25) is 0 Å². The largest absolute Gasteiger partial charge is 0.465 e. The minimum absolute atomic E-state index is 0.377. The lowest BCUT2D eigenvalue weighted by atomic mass is 10.2. The lowest BCUT2D eigenvalue weighted by molar-refractivity contribution is -0.117. The second kappa shape index (κ2) is 7.01. The van der Waals surface area contributed by atoms with Crippen LogP contribution in [0, 0.1) is 0 Å². The first kappa shape index (κ1) is 15.2. The molecule has 0 radical (unpaired) electrons. The number of nitrogens with one attached hydrogen (secondary N) is 2. The highest BCUT2D eigenvalue weighted by Gasteiger charge is 2.07. The summed E-state index contributed by atoms with van der Waals surface area (Å²) in [6, 6.07) is 9.97.